The van der Waals surface area contributed by atoms with Crippen molar-refractivity contribution < 1.29 is 14.7 Å². The van der Waals surface area contributed by atoms with Crippen molar-refractivity contribution in [2.24, 2.45) is 0 Å². The lowest BCUT2D eigenvalue weighted by molar-refractivity contribution is -0.138. The average Bonchev–Trinajstić information content (AvgIpc) is 2.75. The van der Waals surface area contributed by atoms with E-state index in [1.54, 1.807) is 24.3 Å². The standard InChI is InChI=1S/C12H13N3O3/c13-5-9-3-1-2-4-11(9)14-12(17)7-15-6-10(16)8-18-15/h1-4,10,16H,6-8H2,(H,14,17)/t10-/m0/s1. The smallest absolute Gasteiger partial charge is 0.241 e. The van der Waals surface area contributed by atoms with E-state index in [2.05, 4.69) is 5.32 Å². The molecule has 1 aliphatic heterocycles. The van der Waals surface area contributed by atoms with Crippen LogP contribution in [-0.2, 0) is 9.63 Å². The van der Waals surface area contributed by atoms with Gasteiger partial charge in [0.15, 0.2) is 0 Å². The Balaban J connectivity index is 1.93. The van der Waals surface area contributed by atoms with Gasteiger partial charge in [0, 0.05) is 0 Å². The van der Waals surface area contributed by atoms with Gasteiger partial charge in [0.25, 0.3) is 0 Å². The molecule has 0 saturated carbocycles. The van der Waals surface area contributed by atoms with Crippen LogP contribution >= 0.6 is 0 Å². The summed E-state index contributed by atoms with van der Waals surface area (Å²) in [5.41, 5.74) is 0.887. The third kappa shape index (κ3) is 3.05. The summed E-state index contributed by atoms with van der Waals surface area (Å²) in [6, 6.07) is 8.77. The molecule has 1 amide bonds. The number of aliphatic hydroxyl groups excluding tert-OH is 1. The van der Waals surface area contributed by atoms with Crippen LogP contribution in [0.25, 0.3) is 0 Å². The second kappa shape index (κ2) is 5.60. The Hall–Kier alpha value is -1.94. The van der Waals surface area contributed by atoms with E-state index >= 15 is 0 Å². The van der Waals surface area contributed by atoms with Crippen LogP contribution in [0.2, 0.25) is 0 Å². The van der Waals surface area contributed by atoms with Gasteiger partial charge in [-0.15, -0.1) is 0 Å². The summed E-state index contributed by atoms with van der Waals surface area (Å²) in [4.78, 5) is 16.8. The Morgan fingerprint density at radius 1 is 1.61 bits per heavy atom. The van der Waals surface area contributed by atoms with Crippen LogP contribution in [0.3, 0.4) is 0 Å². The van der Waals surface area contributed by atoms with Gasteiger partial charge in [-0.3, -0.25) is 9.63 Å². The molecule has 94 valence electrons. The zero-order valence-electron chi connectivity index (χ0n) is 9.67. The van der Waals surface area contributed by atoms with Crippen molar-refractivity contribution >= 4 is 11.6 Å². The summed E-state index contributed by atoms with van der Waals surface area (Å²) in [5.74, 6) is -0.285. The molecule has 1 heterocycles. The summed E-state index contributed by atoms with van der Waals surface area (Å²) in [7, 11) is 0. The lowest BCUT2D eigenvalue weighted by atomic mass is 10.2. The normalized spacial score (nSPS) is 19.4. The number of hydrogen-bond acceptors (Lipinski definition) is 5. The minimum absolute atomic E-state index is 0.0246. The molecule has 0 unspecified atom stereocenters. The highest BCUT2D eigenvalue weighted by atomic mass is 16.7. The molecule has 0 aliphatic carbocycles. The lowest BCUT2D eigenvalue weighted by Crippen LogP contribution is -2.31. The second-order valence-electron chi connectivity index (χ2n) is 3.98. The average molecular weight is 247 g/mol. The summed E-state index contributed by atoms with van der Waals surface area (Å²) >= 11 is 0. The zero-order valence-corrected chi connectivity index (χ0v) is 9.67. The molecule has 6 heteroatoms. The highest BCUT2D eigenvalue weighted by molar-refractivity contribution is 5.93. The summed E-state index contributed by atoms with van der Waals surface area (Å²) in [5, 5.41) is 22.2. The van der Waals surface area contributed by atoms with E-state index in [0.29, 0.717) is 17.8 Å². The Kier molecular flexibility index (Phi) is 3.89. The highest BCUT2D eigenvalue weighted by Crippen LogP contribution is 2.13. The minimum Gasteiger partial charge on any atom is -0.389 e. The van der Waals surface area contributed by atoms with Crippen LogP contribution in [0.1, 0.15) is 5.56 Å². The van der Waals surface area contributed by atoms with Crippen LogP contribution in [0, 0.1) is 11.3 Å². The Labute approximate surface area is 104 Å². The maximum Gasteiger partial charge on any atom is 0.241 e. The molecule has 6 nitrogen and oxygen atoms in total. The third-order valence-electron chi connectivity index (χ3n) is 2.51. The number of rotatable bonds is 3. The first-order valence-corrected chi connectivity index (χ1v) is 5.54. The number of nitrogens with one attached hydrogen (secondary N) is 1. The first kappa shape index (κ1) is 12.5. The SMILES string of the molecule is N#Cc1ccccc1NC(=O)CN1C[C@H](O)CO1. The molecule has 0 spiro atoms. The van der Waals surface area contributed by atoms with Crippen molar-refractivity contribution in [3.8, 4) is 6.07 Å². The Morgan fingerprint density at radius 3 is 3.06 bits per heavy atom. The number of benzene rings is 1. The number of nitrogens with zero attached hydrogens (tertiary/aromatic N) is 2. The lowest BCUT2D eigenvalue weighted by Gasteiger charge is -2.13. The van der Waals surface area contributed by atoms with Crippen LogP contribution in [0.5, 0.6) is 0 Å². The predicted octanol–water partition coefficient (Wildman–Crippen LogP) is 0.105. The van der Waals surface area contributed by atoms with Gasteiger partial charge in [-0.2, -0.15) is 10.3 Å². The van der Waals surface area contributed by atoms with Gasteiger partial charge >= 0.3 is 0 Å². The van der Waals surface area contributed by atoms with Gasteiger partial charge in [0.1, 0.15) is 12.6 Å². The molecule has 1 atom stereocenters. The van der Waals surface area contributed by atoms with E-state index in [1.807, 2.05) is 6.07 Å². The van der Waals surface area contributed by atoms with Gasteiger partial charge in [-0.1, -0.05) is 12.1 Å². The fourth-order valence-corrected chi connectivity index (χ4v) is 1.68. The number of hydrogen-bond donors (Lipinski definition) is 2. The molecule has 1 aromatic carbocycles. The topological polar surface area (TPSA) is 85.6 Å². The first-order valence-electron chi connectivity index (χ1n) is 5.54. The minimum atomic E-state index is -0.552. The first-order chi connectivity index (χ1) is 8.69. The van der Waals surface area contributed by atoms with Crippen molar-refractivity contribution in [2.75, 3.05) is 25.0 Å². The summed E-state index contributed by atoms with van der Waals surface area (Å²) in [6.45, 7) is 0.548. The van der Waals surface area contributed by atoms with E-state index in [0.717, 1.165) is 0 Å². The molecule has 0 bridgehead atoms. The number of β-amino-alcohol motifs (C(OH)–C–C–N with tert-alkyl or cyclic N) is 1. The quantitative estimate of drug-likeness (QED) is 0.791. The molecule has 18 heavy (non-hydrogen) atoms. The van der Waals surface area contributed by atoms with Gasteiger partial charge < -0.3 is 10.4 Å². The van der Waals surface area contributed by atoms with E-state index in [9.17, 15) is 9.90 Å². The maximum atomic E-state index is 11.7. The Morgan fingerprint density at radius 2 is 2.39 bits per heavy atom. The highest BCUT2D eigenvalue weighted by Gasteiger charge is 2.23. The monoisotopic (exact) mass is 247 g/mol. The molecule has 2 N–H and O–H groups in total. The molecule has 1 saturated heterocycles. The maximum absolute atomic E-state index is 11.7. The number of carbonyl (C=O) groups is 1. The third-order valence-corrected chi connectivity index (χ3v) is 2.51. The van der Waals surface area contributed by atoms with Gasteiger partial charge in [-0.25, -0.2) is 0 Å². The van der Waals surface area contributed by atoms with Crippen LogP contribution in [-0.4, -0.2) is 41.9 Å². The summed E-state index contributed by atoms with van der Waals surface area (Å²) in [6.07, 6.45) is -0.552. The molecular formula is C12H13N3O3. The summed E-state index contributed by atoms with van der Waals surface area (Å²) < 4.78 is 0. The van der Waals surface area contributed by atoms with Gasteiger partial charge in [0.2, 0.25) is 5.91 Å². The Bertz CT molecular complexity index is 484. The number of amides is 1. The largest absolute Gasteiger partial charge is 0.389 e. The van der Waals surface area contributed by atoms with E-state index < -0.39 is 6.10 Å². The molecule has 1 aliphatic rings. The number of nitriles is 1. The number of aliphatic hydroxyl groups is 1. The van der Waals surface area contributed by atoms with Crippen molar-refractivity contribution in [1.29, 1.82) is 5.26 Å². The number of carbonyl (C=O) groups excluding carboxylic acids is 1. The van der Waals surface area contributed by atoms with Crippen molar-refractivity contribution in [2.45, 2.75) is 6.10 Å². The fourth-order valence-electron chi connectivity index (χ4n) is 1.68. The van der Waals surface area contributed by atoms with E-state index in [1.165, 1.54) is 5.06 Å². The second-order valence-corrected chi connectivity index (χ2v) is 3.98. The van der Waals surface area contributed by atoms with Crippen molar-refractivity contribution in [3.63, 3.8) is 0 Å². The van der Waals surface area contributed by atoms with Gasteiger partial charge in [0.05, 0.1) is 30.5 Å². The van der Waals surface area contributed by atoms with Crippen LogP contribution < -0.4 is 5.32 Å². The molecule has 2 rings (SSSR count). The van der Waals surface area contributed by atoms with Crippen LogP contribution in [0.15, 0.2) is 24.3 Å². The molecular weight excluding hydrogens is 234 g/mol. The number of hydroxylamine groups is 2. The zero-order chi connectivity index (χ0) is 13.0. The van der Waals surface area contributed by atoms with Crippen LogP contribution in [0.4, 0.5) is 5.69 Å². The van der Waals surface area contributed by atoms with Crippen molar-refractivity contribution in [1.82, 2.24) is 5.06 Å². The van der Waals surface area contributed by atoms with E-state index in [4.69, 9.17) is 10.1 Å². The molecule has 0 aromatic heterocycles. The fraction of sp³-hybridized carbons (Fsp3) is 0.333. The number of anilines is 1. The van der Waals surface area contributed by atoms with Crippen molar-refractivity contribution in [3.05, 3.63) is 29.8 Å². The molecule has 0 radical (unpaired) electrons. The molecule has 1 aromatic rings. The number of para-hydroxylation sites is 1. The van der Waals surface area contributed by atoms with E-state index in [-0.39, 0.29) is 19.1 Å². The van der Waals surface area contributed by atoms with Gasteiger partial charge in [-0.05, 0) is 12.1 Å². The predicted molar refractivity (Wildman–Crippen MR) is 63.3 cm³/mol. The molecule has 1 fully saturated rings.